The summed E-state index contributed by atoms with van der Waals surface area (Å²) < 4.78 is 5.26. The predicted molar refractivity (Wildman–Crippen MR) is 67.5 cm³/mol. The number of hydrogen-bond acceptors (Lipinski definition) is 2. The molecule has 3 nitrogen and oxygen atoms in total. The monoisotopic (exact) mass is 233 g/mol. The quantitative estimate of drug-likeness (QED) is 0.786. The highest BCUT2D eigenvalue weighted by atomic mass is 16.5. The molecule has 0 N–H and O–H groups in total. The van der Waals surface area contributed by atoms with Crippen LogP contribution >= 0.6 is 0 Å². The van der Waals surface area contributed by atoms with E-state index in [0.717, 1.165) is 31.5 Å². The minimum absolute atomic E-state index is 0.102. The zero-order valence-electron chi connectivity index (χ0n) is 10.5. The molecule has 0 radical (unpaired) electrons. The SMILES string of the molecule is COc1ccc(C)cc1C(=O)N1CCCCC1. The summed E-state index contributed by atoms with van der Waals surface area (Å²) in [4.78, 5) is 14.3. The van der Waals surface area contributed by atoms with Crippen molar-refractivity contribution in [2.24, 2.45) is 0 Å². The van der Waals surface area contributed by atoms with Gasteiger partial charge in [0, 0.05) is 13.1 Å². The summed E-state index contributed by atoms with van der Waals surface area (Å²) in [5.74, 6) is 0.774. The third-order valence-corrected chi connectivity index (χ3v) is 3.23. The van der Waals surface area contributed by atoms with Crippen molar-refractivity contribution in [2.45, 2.75) is 26.2 Å². The molecule has 0 bridgehead atoms. The molecule has 0 atom stereocenters. The molecule has 0 saturated carbocycles. The molecule has 17 heavy (non-hydrogen) atoms. The van der Waals surface area contributed by atoms with Crippen LogP contribution in [0.1, 0.15) is 35.2 Å². The largest absolute Gasteiger partial charge is 0.496 e. The molecule has 1 aliphatic heterocycles. The fraction of sp³-hybridized carbons (Fsp3) is 0.500. The lowest BCUT2D eigenvalue weighted by Crippen LogP contribution is -2.35. The van der Waals surface area contributed by atoms with Gasteiger partial charge in [-0.2, -0.15) is 0 Å². The molecule has 1 aromatic rings. The first kappa shape index (κ1) is 12.0. The van der Waals surface area contributed by atoms with Crippen molar-refractivity contribution < 1.29 is 9.53 Å². The van der Waals surface area contributed by atoms with Crippen molar-refractivity contribution in [3.8, 4) is 5.75 Å². The lowest BCUT2D eigenvalue weighted by Gasteiger charge is -2.27. The minimum Gasteiger partial charge on any atom is -0.496 e. The van der Waals surface area contributed by atoms with Crippen molar-refractivity contribution in [1.82, 2.24) is 4.90 Å². The van der Waals surface area contributed by atoms with Crippen molar-refractivity contribution >= 4 is 5.91 Å². The molecule has 1 aliphatic rings. The van der Waals surface area contributed by atoms with E-state index >= 15 is 0 Å². The lowest BCUT2D eigenvalue weighted by atomic mass is 10.1. The number of likely N-dealkylation sites (tertiary alicyclic amines) is 1. The average molecular weight is 233 g/mol. The van der Waals surface area contributed by atoms with E-state index in [1.165, 1.54) is 6.42 Å². The van der Waals surface area contributed by atoms with Crippen LogP contribution in [0.15, 0.2) is 18.2 Å². The van der Waals surface area contributed by atoms with E-state index in [1.807, 2.05) is 30.0 Å². The topological polar surface area (TPSA) is 29.5 Å². The molecule has 1 amide bonds. The smallest absolute Gasteiger partial charge is 0.257 e. The average Bonchev–Trinajstić information content (AvgIpc) is 2.39. The highest BCUT2D eigenvalue weighted by Gasteiger charge is 2.21. The van der Waals surface area contributed by atoms with Crippen molar-refractivity contribution in [3.05, 3.63) is 29.3 Å². The first-order valence-corrected chi connectivity index (χ1v) is 6.16. The van der Waals surface area contributed by atoms with Gasteiger partial charge in [0.15, 0.2) is 0 Å². The lowest BCUT2D eigenvalue weighted by molar-refractivity contribution is 0.0721. The Balaban J connectivity index is 2.25. The van der Waals surface area contributed by atoms with Gasteiger partial charge in [0.05, 0.1) is 12.7 Å². The van der Waals surface area contributed by atoms with E-state index in [2.05, 4.69) is 0 Å². The molecule has 1 heterocycles. The fourth-order valence-electron chi connectivity index (χ4n) is 2.26. The zero-order chi connectivity index (χ0) is 12.3. The molecule has 0 unspecified atom stereocenters. The maximum Gasteiger partial charge on any atom is 0.257 e. The summed E-state index contributed by atoms with van der Waals surface area (Å²) in [6.45, 7) is 3.73. The van der Waals surface area contributed by atoms with E-state index in [-0.39, 0.29) is 5.91 Å². The molecule has 2 rings (SSSR count). The Labute approximate surface area is 102 Å². The van der Waals surface area contributed by atoms with Gasteiger partial charge < -0.3 is 9.64 Å². The van der Waals surface area contributed by atoms with Crippen LogP contribution in [0.4, 0.5) is 0 Å². The van der Waals surface area contributed by atoms with Crippen LogP contribution in [-0.4, -0.2) is 31.0 Å². The Morgan fingerprint density at radius 3 is 2.59 bits per heavy atom. The summed E-state index contributed by atoms with van der Waals surface area (Å²) in [6.07, 6.45) is 3.45. The summed E-state index contributed by atoms with van der Waals surface area (Å²) >= 11 is 0. The Morgan fingerprint density at radius 2 is 1.94 bits per heavy atom. The second kappa shape index (κ2) is 5.21. The van der Waals surface area contributed by atoms with Gasteiger partial charge in [0.1, 0.15) is 5.75 Å². The number of amides is 1. The second-order valence-corrected chi connectivity index (χ2v) is 4.56. The second-order valence-electron chi connectivity index (χ2n) is 4.56. The molecule has 92 valence electrons. The Morgan fingerprint density at radius 1 is 1.24 bits per heavy atom. The number of ether oxygens (including phenoxy) is 1. The van der Waals surface area contributed by atoms with Gasteiger partial charge >= 0.3 is 0 Å². The van der Waals surface area contributed by atoms with E-state index in [0.29, 0.717) is 11.3 Å². The zero-order valence-corrected chi connectivity index (χ0v) is 10.5. The normalized spacial score (nSPS) is 15.8. The molecule has 1 aromatic carbocycles. The highest BCUT2D eigenvalue weighted by Crippen LogP contribution is 2.23. The maximum absolute atomic E-state index is 12.4. The predicted octanol–water partition coefficient (Wildman–Crippen LogP) is 2.63. The fourth-order valence-corrected chi connectivity index (χ4v) is 2.26. The summed E-state index contributed by atoms with van der Waals surface area (Å²) in [6, 6.07) is 5.74. The van der Waals surface area contributed by atoms with Gasteiger partial charge in [-0.05, 0) is 38.3 Å². The van der Waals surface area contributed by atoms with Crippen LogP contribution < -0.4 is 4.74 Å². The highest BCUT2D eigenvalue weighted by molar-refractivity contribution is 5.97. The summed E-state index contributed by atoms with van der Waals surface area (Å²) in [5.41, 5.74) is 1.78. The third-order valence-electron chi connectivity index (χ3n) is 3.23. The number of nitrogens with zero attached hydrogens (tertiary/aromatic N) is 1. The van der Waals surface area contributed by atoms with E-state index in [1.54, 1.807) is 7.11 Å². The Kier molecular flexibility index (Phi) is 3.67. The van der Waals surface area contributed by atoms with Crippen LogP contribution in [-0.2, 0) is 0 Å². The van der Waals surface area contributed by atoms with Gasteiger partial charge in [-0.15, -0.1) is 0 Å². The van der Waals surface area contributed by atoms with Crippen molar-refractivity contribution in [3.63, 3.8) is 0 Å². The number of methoxy groups -OCH3 is 1. The Bertz CT molecular complexity index is 409. The molecular weight excluding hydrogens is 214 g/mol. The standard InChI is InChI=1S/C14H19NO2/c1-11-6-7-13(17-2)12(10-11)14(16)15-8-4-3-5-9-15/h6-7,10H,3-5,8-9H2,1-2H3. The van der Waals surface area contributed by atoms with E-state index in [9.17, 15) is 4.79 Å². The Hall–Kier alpha value is -1.51. The molecule has 0 aromatic heterocycles. The van der Waals surface area contributed by atoms with Gasteiger partial charge in [-0.25, -0.2) is 0 Å². The number of hydrogen-bond donors (Lipinski definition) is 0. The molecule has 3 heteroatoms. The van der Waals surface area contributed by atoms with Gasteiger partial charge in [-0.1, -0.05) is 11.6 Å². The van der Waals surface area contributed by atoms with Crippen LogP contribution in [0.3, 0.4) is 0 Å². The van der Waals surface area contributed by atoms with Crippen molar-refractivity contribution in [1.29, 1.82) is 0 Å². The molecule has 0 spiro atoms. The van der Waals surface area contributed by atoms with Crippen LogP contribution in [0.2, 0.25) is 0 Å². The number of piperidine rings is 1. The molecule has 1 fully saturated rings. The van der Waals surface area contributed by atoms with E-state index < -0.39 is 0 Å². The van der Waals surface area contributed by atoms with Gasteiger partial charge in [-0.3, -0.25) is 4.79 Å². The van der Waals surface area contributed by atoms with Gasteiger partial charge in [0.25, 0.3) is 5.91 Å². The van der Waals surface area contributed by atoms with Crippen molar-refractivity contribution in [2.75, 3.05) is 20.2 Å². The molecule has 0 aliphatic carbocycles. The third kappa shape index (κ3) is 2.60. The van der Waals surface area contributed by atoms with Gasteiger partial charge in [0.2, 0.25) is 0 Å². The number of carbonyl (C=O) groups is 1. The number of aryl methyl sites for hydroxylation is 1. The van der Waals surface area contributed by atoms with E-state index in [4.69, 9.17) is 4.74 Å². The van der Waals surface area contributed by atoms with Crippen LogP contribution in [0.25, 0.3) is 0 Å². The first-order chi connectivity index (χ1) is 8.22. The van der Waals surface area contributed by atoms with Crippen LogP contribution in [0.5, 0.6) is 5.75 Å². The molecule has 1 saturated heterocycles. The number of benzene rings is 1. The summed E-state index contributed by atoms with van der Waals surface area (Å²) in [5, 5.41) is 0. The summed E-state index contributed by atoms with van der Waals surface area (Å²) in [7, 11) is 1.61. The van der Waals surface area contributed by atoms with Crippen LogP contribution in [0, 0.1) is 6.92 Å². The molecular formula is C14H19NO2. The first-order valence-electron chi connectivity index (χ1n) is 6.16. The maximum atomic E-state index is 12.4. The number of rotatable bonds is 2. The number of carbonyl (C=O) groups excluding carboxylic acids is 1. The minimum atomic E-state index is 0.102.